The molecule has 0 aliphatic heterocycles. The lowest BCUT2D eigenvalue weighted by molar-refractivity contribution is -0.134. The molecule has 4 nitrogen and oxygen atoms in total. The molecule has 2 N–H and O–H groups in total. The van der Waals surface area contributed by atoms with Crippen molar-refractivity contribution < 1.29 is 4.79 Å². The molecule has 0 rings (SSSR count). The first-order valence-corrected chi connectivity index (χ1v) is 5.64. The van der Waals surface area contributed by atoms with Gasteiger partial charge in [-0.05, 0) is 34.4 Å². The fourth-order valence-corrected chi connectivity index (χ4v) is 1.70. The Morgan fingerprint density at radius 2 is 1.87 bits per heavy atom. The van der Waals surface area contributed by atoms with Gasteiger partial charge in [-0.1, -0.05) is 6.92 Å². The molecule has 90 valence electrons. The highest BCUT2D eigenvalue weighted by Crippen LogP contribution is 2.04. The van der Waals surface area contributed by atoms with Crippen LogP contribution in [0.4, 0.5) is 0 Å². The van der Waals surface area contributed by atoms with Gasteiger partial charge in [0.15, 0.2) is 0 Å². The van der Waals surface area contributed by atoms with Crippen LogP contribution < -0.4 is 5.73 Å². The summed E-state index contributed by atoms with van der Waals surface area (Å²) >= 11 is 0. The summed E-state index contributed by atoms with van der Waals surface area (Å²) in [7, 11) is 4.02. The molecule has 1 amide bonds. The van der Waals surface area contributed by atoms with E-state index in [-0.39, 0.29) is 18.0 Å². The molecule has 0 aromatic heterocycles. The molecule has 0 spiro atoms. The smallest absolute Gasteiger partial charge is 0.239 e. The Bertz CT molecular complexity index is 194. The van der Waals surface area contributed by atoms with Crippen LogP contribution in [0, 0.1) is 0 Å². The van der Waals surface area contributed by atoms with Crippen molar-refractivity contribution in [1.29, 1.82) is 0 Å². The molecule has 4 heteroatoms. The van der Waals surface area contributed by atoms with Crippen molar-refractivity contribution in [3.05, 3.63) is 0 Å². The molecule has 0 aliphatic rings. The van der Waals surface area contributed by atoms with Crippen molar-refractivity contribution in [1.82, 2.24) is 9.80 Å². The van der Waals surface area contributed by atoms with Gasteiger partial charge in [0.05, 0.1) is 6.04 Å². The zero-order valence-corrected chi connectivity index (χ0v) is 10.7. The lowest BCUT2D eigenvalue weighted by Crippen LogP contribution is -2.50. The second kappa shape index (κ2) is 6.80. The van der Waals surface area contributed by atoms with E-state index in [1.54, 1.807) is 0 Å². The van der Waals surface area contributed by atoms with E-state index in [0.717, 1.165) is 13.1 Å². The van der Waals surface area contributed by atoms with Crippen molar-refractivity contribution in [2.45, 2.75) is 39.3 Å². The fourth-order valence-electron chi connectivity index (χ4n) is 1.70. The Labute approximate surface area is 93.4 Å². The van der Waals surface area contributed by atoms with E-state index in [1.165, 1.54) is 0 Å². The Morgan fingerprint density at radius 1 is 1.33 bits per heavy atom. The first-order chi connectivity index (χ1) is 6.93. The Kier molecular flexibility index (Phi) is 6.52. The number of amides is 1. The minimum absolute atomic E-state index is 0.0642. The molecule has 0 radical (unpaired) electrons. The van der Waals surface area contributed by atoms with Crippen molar-refractivity contribution >= 4 is 5.91 Å². The van der Waals surface area contributed by atoms with Gasteiger partial charge in [0.2, 0.25) is 5.91 Å². The van der Waals surface area contributed by atoms with Gasteiger partial charge in [0.25, 0.3) is 0 Å². The van der Waals surface area contributed by atoms with Crippen LogP contribution in [0.2, 0.25) is 0 Å². The number of hydrogen-bond donors (Lipinski definition) is 1. The van der Waals surface area contributed by atoms with Gasteiger partial charge < -0.3 is 15.5 Å². The van der Waals surface area contributed by atoms with Crippen LogP contribution in [-0.2, 0) is 4.79 Å². The number of nitrogens with zero attached hydrogens (tertiary/aromatic N) is 2. The van der Waals surface area contributed by atoms with E-state index in [1.807, 2.05) is 32.8 Å². The number of likely N-dealkylation sites (N-methyl/N-ethyl adjacent to an activating group) is 2. The zero-order chi connectivity index (χ0) is 12.0. The maximum absolute atomic E-state index is 11.9. The van der Waals surface area contributed by atoms with E-state index in [0.29, 0.717) is 6.42 Å². The highest BCUT2D eigenvalue weighted by molar-refractivity contribution is 5.81. The van der Waals surface area contributed by atoms with E-state index < -0.39 is 0 Å². The quantitative estimate of drug-likeness (QED) is 0.703. The molecule has 0 saturated carbocycles. The van der Waals surface area contributed by atoms with Crippen LogP contribution in [0.1, 0.15) is 27.2 Å². The van der Waals surface area contributed by atoms with Gasteiger partial charge in [-0.2, -0.15) is 0 Å². The molecule has 0 heterocycles. The third-order valence-corrected chi connectivity index (χ3v) is 2.54. The maximum Gasteiger partial charge on any atom is 0.239 e. The predicted molar refractivity (Wildman–Crippen MR) is 63.7 cm³/mol. The third-order valence-electron chi connectivity index (χ3n) is 2.54. The molecule has 0 aromatic rings. The Hall–Kier alpha value is -0.610. The number of hydrogen-bond acceptors (Lipinski definition) is 3. The molecule has 0 bridgehead atoms. The predicted octanol–water partition coefficient (Wildman–Crippen LogP) is 0.522. The second-order valence-electron chi connectivity index (χ2n) is 4.25. The van der Waals surface area contributed by atoms with Gasteiger partial charge >= 0.3 is 0 Å². The summed E-state index contributed by atoms with van der Waals surface area (Å²) < 4.78 is 0. The molecule has 0 fully saturated rings. The van der Waals surface area contributed by atoms with Gasteiger partial charge in [0, 0.05) is 19.1 Å². The highest BCUT2D eigenvalue weighted by atomic mass is 16.2. The summed E-state index contributed by atoms with van der Waals surface area (Å²) in [4.78, 5) is 15.8. The second-order valence-corrected chi connectivity index (χ2v) is 4.25. The average Bonchev–Trinajstić information content (AvgIpc) is 2.16. The van der Waals surface area contributed by atoms with E-state index in [4.69, 9.17) is 5.73 Å². The molecular formula is C11H25N3O. The molecule has 0 aliphatic carbocycles. The summed E-state index contributed by atoms with van der Waals surface area (Å²) in [5.74, 6) is 0.0642. The van der Waals surface area contributed by atoms with Crippen molar-refractivity contribution in [3.8, 4) is 0 Å². The van der Waals surface area contributed by atoms with E-state index in [2.05, 4.69) is 11.8 Å². The van der Waals surface area contributed by atoms with Gasteiger partial charge in [-0.3, -0.25) is 4.79 Å². The summed E-state index contributed by atoms with van der Waals surface area (Å²) in [6, 6.07) is -0.135. The number of rotatable bonds is 6. The Morgan fingerprint density at radius 3 is 2.20 bits per heavy atom. The van der Waals surface area contributed by atoms with Crippen molar-refractivity contribution in [2.75, 3.05) is 27.2 Å². The Balaban J connectivity index is 4.40. The maximum atomic E-state index is 11.9. The van der Waals surface area contributed by atoms with Crippen LogP contribution in [0.3, 0.4) is 0 Å². The molecular weight excluding hydrogens is 190 g/mol. The molecule has 15 heavy (non-hydrogen) atoms. The topological polar surface area (TPSA) is 49.6 Å². The minimum atomic E-state index is -0.352. The van der Waals surface area contributed by atoms with Crippen molar-refractivity contribution in [2.24, 2.45) is 5.73 Å². The summed E-state index contributed by atoms with van der Waals surface area (Å²) in [6.07, 6.45) is 0.698. The number of nitrogens with two attached hydrogens (primary N) is 1. The molecule has 2 atom stereocenters. The van der Waals surface area contributed by atoms with Crippen LogP contribution in [-0.4, -0.2) is 55.0 Å². The van der Waals surface area contributed by atoms with Crippen LogP contribution in [0.15, 0.2) is 0 Å². The zero-order valence-electron chi connectivity index (χ0n) is 10.7. The summed E-state index contributed by atoms with van der Waals surface area (Å²) in [5.41, 5.74) is 5.76. The van der Waals surface area contributed by atoms with Gasteiger partial charge in [-0.25, -0.2) is 0 Å². The monoisotopic (exact) mass is 215 g/mol. The third kappa shape index (κ3) is 4.62. The average molecular weight is 215 g/mol. The first kappa shape index (κ1) is 14.4. The van der Waals surface area contributed by atoms with Crippen LogP contribution >= 0.6 is 0 Å². The van der Waals surface area contributed by atoms with Crippen LogP contribution in [0.5, 0.6) is 0 Å². The van der Waals surface area contributed by atoms with Crippen molar-refractivity contribution in [3.63, 3.8) is 0 Å². The lowest BCUT2D eigenvalue weighted by Gasteiger charge is -2.31. The van der Waals surface area contributed by atoms with E-state index in [9.17, 15) is 4.79 Å². The molecule has 0 aromatic carbocycles. The normalized spacial score (nSPS) is 15.1. The molecule has 0 saturated heterocycles. The first-order valence-electron chi connectivity index (χ1n) is 5.64. The number of carbonyl (C=O) groups is 1. The highest BCUT2D eigenvalue weighted by Gasteiger charge is 2.22. The fraction of sp³-hybridized carbons (Fsp3) is 0.909. The SMILES string of the molecule is CCC(N)C(=O)N(CC)C(C)CN(C)C. The summed E-state index contributed by atoms with van der Waals surface area (Å²) in [6.45, 7) is 7.58. The summed E-state index contributed by atoms with van der Waals surface area (Å²) in [5, 5.41) is 0. The minimum Gasteiger partial charge on any atom is -0.338 e. The molecule has 2 unspecified atom stereocenters. The lowest BCUT2D eigenvalue weighted by atomic mass is 10.1. The standard InChI is InChI=1S/C11H25N3O/c1-6-10(12)11(15)14(7-2)9(3)8-13(4)5/h9-10H,6-8,12H2,1-5H3. The largest absolute Gasteiger partial charge is 0.338 e. The van der Waals surface area contributed by atoms with Gasteiger partial charge in [-0.15, -0.1) is 0 Å². The van der Waals surface area contributed by atoms with Crippen LogP contribution in [0.25, 0.3) is 0 Å². The number of carbonyl (C=O) groups excluding carboxylic acids is 1. The van der Waals surface area contributed by atoms with E-state index >= 15 is 0 Å². The van der Waals surface area contributed by atoms with Gasteiger partial charge in [0.1, 0.15) is 0 Å².